The Kier molecular flexibility index (Phi) is 3.46. The molecule has 1 aliphatic rings. The van der Waals surface area contributed by atoms with Crippen LogP contribution in [0.2, 0.25) is 0 Å². The van der Waals surface area contributed by atoms with Crippen LogP contribution in [0.25, 0.3) is 0 Å². The van der Waals surface area contributed by atoms with Crippen molar-refractivity contribution < 1.29 is 4.79 Å². The molecule has 0 fully saturated rings. The lowest BCUT2D eigenvalue weighted by Crippen LogP contribution is -2.35. The quantitative estimate of drug-likeness (QED) is 0.773. The Morgan fingerprint density at radius 1 is 1.28 bits per heavy atom. The van der Waals surface area contributed by atoms with E-state index in [2.05, 4.69) is 22.0 Å². The van der Waals surface area contributed by atoms with Gasteiger partial charge in [0.25, 0.3) is 5.91 Å². The summed E-state index contributed by atoms with van der Waals surface area (Å²) in [5, 5.41) is 1.93. The lowest BCUT2D eigenvalue weighted by atomic mass is 10.2. The zero-order valence-corrected chi connectivity index (χ0v) is 12.6. The molecule has 1 aromatic carbocycles. The number of rotatable bonds is 1. The smallest absolute Gasteiger partial charge is 0.269 e. The van der Waals surface area contributed by atoms with Gasteiger partial charge in [-0.05, 0) is 39.5 Å². The van der Waals surface area contributed by atoms with E-state index in [0.717, 1.165) is 27.3 Å². The molecule has 0 N–H and O–H groups in total. The highest BCUT2D eigenvalue weighted by Crippen LogP contribution is 2.36. The van der Waals surface area contributed by atoms with Crippen LogP contribution in [0.3, 0.4) is 0 Å². The highest BCUT2D eigenvalue weighted by atomic mass is 79.9. The van der Waals surface area contributed by atoms with E-state index in [9.17, 15) is 4.79 Å². The fraction of sp³-hybridized carbons (Fsp3) is 0.154. The maximum Gasteiger partial charge on any atom is 0.269 e. The second kappa shape index (κ2) is 5.07. The van der Waals surface area contributed by atoms with Crippen LogP contribution < -0.4 is 4.90 Å². The van der Waals surface area contributed by atoms with Gasteiger partial charge < -0.3 is 4.90 Å². The van der Waals surface area contributed by atoms with Crippen molar-refractivity contribution in [2.24, 2.45) is 0 Å². The molecular weight excluding hydrogens is 330 g/mol. The van der Waals surface area contributed by atoms with Crippen LogP contribution in [0.1, 0.15) is 9.67 Å². The summed E-state index contributed by atoms with van der Waals surface area (Å²) in [7, 11) is 0. The first-order chi connectivity index (χ1) is 8.77. The summed E-state index contributed by atoms with van der Waals surface area (Å²) in [4.78, 5) is 16.4. The van der Waals surface area contributed by atoms with Gasteiger partial charge in [-0.25, -0.2) is 0 Å². The minimum Gasteiger partial charge on any atom is -0.306 e. The normalized spacial score (nSPS) is 14.4. The van der Waals surface area contributed by atoms with Crippen LogP contribution in [-0.4, -0.2) is 18.2 Å². The Bertz CT molecular complexity index is 596. The molecule has 3 rings (SSSR count). The summed E-state index contributed by atoms with van der Waals surface area (Å²) in [6.07, 6.45) is 0. The standard InChI is InChI=1S/C13H10BrNOS2/c14-9-5-7-18-12(9)13(16)15-6-8-17-11-4-2-1-3-10(11)15/h1-5,7H,6,8H2. The van der Waals surface area contributed by atoms with Gasteiger partial charge in [0.2, 0.25) is 0 Å². The number of para-hydroxylation sites is 1. The lowest BCUT2D eigenvalue weighted by Gasteiger charge is -2.28. The Morgan fingerprint density at radius 2 is 2.11 bits per heavy atom. The SMILES string of the molecule is O=C(c1sccc1Br)N1CCSc2ccccc21. The summed E-state index contributed by atoms with van der Waals surface area (Å²) in [6.45, 7) is 0.769. The molecular formula is C13H10BrNOS2. The van der Waals surface area contributed by atoms with Crippen LogP contribution in [0.15, 0.2) is 45.1 Å². The molecule has 2 heterocycles. The number of nitrogens with zero attached hydrogens (tertiary/aromatic N) is 1. The van der Waals surface area contributed by atoms with Crippen molar-refractivity contribution in [3.63, 3.8) is 0 Å². The maximum absolute atomic E-state index is 12.5. The molecule has 0 bridgehead atoms. The van der Waals surface area contributed by atoms with Crippen molar-refractivity contribution >= 4 is 50.6 Å². The molecule has 92 valence electrons. The largest absolute Gasteiger partial charge is 0.306 e. The molecule has 0 radical (unpaired) electrons. The van der Waals surface area contributed by atoms with Gasteiger partial charge in [0.1, 0.15) is 4.88 Å². The molecule has 1 aliphatic heterocycles. The third kappa shape index (κ3) is 2.11. The van der Waals surface area contributed by atoms with E-state index in [1.807, 2.05) is 46.3 Å². The van der Waals surface area contributed by atoms with Crippen LogP contribution in [0.4, 0.5) is 5.69 Å². The number of hydrogen-bond acceptors (Lipinski definition) is 3. The molecule has 5 heteroatoms. The number of benzene rings is 1. The average molecular weight is 340 g/mol. The van der Waals surface area contributed by atoms with Gasteiger partial charge in [0, 0.05) is 21.7 Å². The number of thioether (sulfide) groups is 1. The first kappa shape index (κ1) is 12.3. The molecule has 2 aromatic rings. The zero-order valence-electron chi connectivity index (χ0n) is 9.43. The van der Waals surface area contributed by atoms with Gasteiger partial charge in [0.15, 0.2) is 0 Å². The highest BCUT2D eigenvalue weighted by molar-refractivity contribution is 9.10. The van der Waals surface area contributed by atoms with Gasteiger partial charge in [-0.1, -0.05) is 12.1 Å². The van der Waals surface area contributed by atoms with E-state index in [0.29, 0.717) is 0 Å². The second-order valence-electron chi connectivity index (χ2n) is 3.87. The Balaban J connectivity index is 2.00. The Hall–Kier alpha value is -0.780. The summed E-state index contributed by atoms with van der Waals surface area (Å²) in [5.41, 5.74) is 1.03. The fourth-order valence-electron chi connectivity index (χ4n) is 1.95. The molecule has 0 spiro atoms. The van der Waals surface area contributed by atoms with Crippen LogP contribution in [0, 0.1) is 0 Å². The van der Waals surface area contributed by atoms with E-state index in [-0.39, 0.29) is 5.91 Å². The summed E-state index contributed by atoms with van der Waals surface area (Å²) in [6, 6.07) is 10.0. The van der Waals surface area contributed by atoms with E-state index in [4.69, 9.17) is 0 Å². The van der Waals surface area contributed by atoms with E-state index in [1.54, 1.807) is 0 Å². The van der Waals surface area contributed by atoms with Crippen molar-refractivity contribution in [1.29, 1.82) is 0 Å². The van der Waals surface area contributed by atoms with E-state index < -0.39 is 0 Å². The Labute approximate surface area is 122 Å². The number of carbonyl (C=O) groups is 1. The summed E-state index contributed by atoms with van der Waals surface area (Å²) in [5.74, 6) is 1.04. The fourth-order valence-corrected chi connectivity index (χ4v) is 4.43. The molecule has 0 unspecified atom stereocenters. The number of anilines is 1. The van der Waals surface area contributed by atoms with Gasteiger partial charge in [-0.15, -0.1) is 23.1 Å². The van der Waals surface area contributed by atoms with Crippen molar-refractivity contribution in [2.45, 2.75) is 4.90 Å². The maximum atomic E-state index is 12.5. The van der Waals surface area contributed by atoms with Crippen molar-refractivity contribution in [2.75, 3.05) is 17.2 Å². The molecule has 1 aromatic heterocycles. The Morgan fingerprint density at radius 3 is 2.89 bits per heavy atom. The van der Waals surface area contributed by atoms with Crippen LogP contribution in [-0.2, 0) is 0 Å². The number of fused-ring (bicyclic) bond motifs is 1. The predicted molar refractivity (Wildman–Crippen MR) is 80.9 cm³/mol. The summed E-state index contributed by atoms with van der Waals surface area (Å²) < 4.78 is 0.883. The first-order valence-corrected chi connectivity index (χ1v) is 8.20. The monoisotopic (exact) mass is 339 g/mol. The molecule has 18 heavy (non-hydrogen) atoms. The average Bonchev–Trinajstić information content (AvgIpc) is 2.83. The number of thiophene rings is 1. The molecule has 0 saturated heterocycles. The third-order valence-corrected chi connectivity index (χ3v) is 5.65. The number of halogens is 1. The van der Waals surface area contributed by atoms with Crippen LogP contribution in [0.5, 0.6) is 0 Å². The van der Waals surface area contributed by atoms with Crippen molar-refractivity contribution in [3.8, 4) is 0 Å². The molecule has 0 saturated carbocycles. The molecule has 0 aliphatic carbocycles. The van der Waals surface area contributed by atoms with Crippen LogP contribution >= 0.6 is 39.0 Å². The van der Waals surface area contributed by atoms with Gasteiger partial charge >= 0.3 is 0 Å². The minimum atomic E-state index is 0.0876. The van der Waals surface area contributed by atoms with Crippen molar-refractivity contribution in [1.82, 2.24) is 0 Å². The number of amides is 1. The second-order valence-corrected chi connectivity index (χ2v) is 6.78. The van der Waals surface area contributed by atoms with Gasteiger partial charge in [-0.3, -0.25) is 4.79 Å². The highest BCUT2D eigenvalue weighted by Gasteiger charge is 2.25. The third-order valence-electron chi connectivity index (χ3n) is 2.79. The van der Waals surface area contributed by atoms with E-state index >= 15 is 0 Å². The molecule has 1 amide bonds. The topological polar surface area (TPSA) is 20.3 Å². The minimum absolute atomic E-state index is 0.0876. The van der Waals surface area contributed by atoms with Gasteiger partial charge in [0.05, 0.1) is 5.69 Å². The van der Waals surface area contributed by atoms with Crippen molar-refractivity contribution in [3.05, 3.63) is 45.1 Å². The zero-order chi connectivity index (χ0) is 12.5. The van der Waals surface area contributed by atoms with E-state index in [1.165, 1.54) is 16.2 Å². The first-order valence-electron chi connectivity index (χ1n) is 5.54. The number of carbonyl (C=O) groups excluding carboxylic acids is 1. The molecule has 0 atom stereocenters. The number of hydrogen-bond donors (Lipinski definition) is 0. The van der Waals surface area contributed by atoms with Gasteiger partial charge in [-0.2, -0.15) is 0 Å². The molecule has 2 nitrogen and oxygen atoms in total. The lowest BCUT2D eigenvalue weighted by molar-refractivity contribution is 0.0991. The predicted octanol–water partition coefficient (Wildman–Crippen LogP) is 4.26. The summed E-state index contributed by atoms with van der Waals surface area (Å²) >= 11 is 6.72.